The lowest BCUT2D eigenvalue weighted by molar-refractivity contribution is 1.08. The monoisotopic (exact) mass is 858 g/mol. The molecule has 0 atom stereocenters. The van der Waals surface area contributed by atoms with E-state index in [2.05, 4.69) is 229 Å². The second-order valence-electron chi connectivity index (χ2n) is 16.7. The van der Waals surface area contributed by atoms with Crippen molar-refractivity contribution in [2.24, 2.45) is 0 Å². The van der Waals surface area contributed by atoms with Crippen molar-refractivity contribution >= 4 is 64.1 Å². The molecule has 0 bridgehead atoms. The normalized spacial score (nSPS) is 11.6. The number of para-hydroxylation sites is 2. The summed E-state index contributed by atoms with van der Waals surface area (Å²) in [6, 6.07) is 82.2. The Balaban J connectivity index is 0.894. The summed E-state index contributed by atoms with van der Waals surface area (Å²) >= 11 is 1.79. The van der Waals surface area contributed by atoms with Crippen LogP contribution in [-0.4, -0.2) is 19.5 Å². The fourth-order valence-electron chi connectivity index (χ4n) is 9.81. The standard InChI is InChI=1S/C61H38N4S/c1-2-15-39(16-3-1)44-17-4-7-23-53(44)60-62-59(63-61(64-60)54-25-14-24-52-51-22-10-13-28-57(51)66-58(52)54)42-31-29-40(30-32-42)45-37-38-46(48-19-6-5-18-47(45)48)41-33-35-43(36-34-41)65-55-26-11-8-20-49(55)50-21-9-12-27-56(50)65/h1-38H. The molecule has 0 spiro atoms. The summed E-state index contributed by atoms with van der Waals surface area (Å²) in [7, 11) is 0. The van der Waals surface area contributed by atoms with Crippen molar-refractivity contribution in [3.05, 3.63) is 231 Å². The number of nitrogens with zero attached hydrogens (tertiary/aromatic N) is 4. The van der Waals surface area contributed by atoms with Gasteiger partial charge in [0.05, 0.1) is 11.0 Å². The van der Waals surface area contributed by atoms with Crippen LogP contribution in [0.15, 0.2) is 231 Å². The van der Waals surface area contributed by atoms with Gasteiger partial charge in [0.25, 0.3) is 0 Å². The molecule has 0 aliphatic carbocycles. The van der Waals surface area contributed by atoms with E-state index >= 15 is 0 Å². The number of aromatic nitrogens is 4. The molecule has 0 amide bonds. The van der Waals surface area contributed by atoms with Gasteiger partial charge in [0.1, 0.15) is 0 Å². The Labute approximate surface area is 385 Å². The molecule has 5 heteroatoms. The first-order valence-electron chi connectivity index (χ1n) is 22.3. The first-order chi connectivity index (χ1) is 32.7. The Morgan fingerprint density at radius 3 is 1.39 bits per heavy atom. The van der Waals surface area contributed by atoms with Crippen LogP contribution >= 0.6 is 11.3 Å². The number of rotatable bonds is 7. The molecule has 3 heterocycles. The van der Waals surface area contributed by atoms with Gasteiger partial charge in [-0.1, -0.05) is 194 Å². The van der Waals surface area contributed by atoms with Gasteiger partial charge in [0.2, 0.25) is 0 Å². The van der Waals surface area contributed by atoms with Gasteiger partial charge in [-0.05, 0) is 80.6 Å². The zero-order valence-corrected chi connectivity index (χ0v) is 36.5. The predicted octanol–water partition coefficient (Wildman–Crippen LogP) is 16.5. The average Bonchev–Trinajstić information content (AvgIpc) is 3.95. The second kappa shape index (κ2) is 15.6. The van der Waals surface area contributed by atoms with E-state index in [4.69, 9.17) is 15.0 Å². The second-order valence-corrected chi connectivity index (χ2v) is 17.8. The van der Waals surface area contributed by atoms with Crippen LogP contribution in [0, 0.1) is 0 Å². The Morgan fingerprint density at radius 1 is 0.273 bits per heavy atom. The smallest absolute Gasteiger partial charge is 0.165 e. The molecule has 13 rings (SSSR count). The van der Waals surface area contributed by atoms with Crippen LogP contribution in [0.3, 0.4) is 0 Å². The summed E-state index contributed by atoms with van der Waals surface area (Å²) in [6.07, 6.45) is 0. The molecule has 0 aliphatic heterocycles. The molecule has 0 saturated heterocycles. The van der Waals surface area contributed by atoms with Crippen molar-refractivity contribution < 1.29 is 0 Å². The molecular formula is C61H38N4S. The molecular weight excluding hydrogens is 821 g/mol. The highest BCUT2D eigenvalue weighted by Gasteiger charge is 2.19. The van der Waals surface area contributed by atoms with Gasteiger partial charge >= 0.3 is 0 Å². The van der Waals surface area contributed by atoms with Crippen LogP contribution in [0.2, 0.25) is 0 Å². The lowest BCUT2D eigenvalue weighted by atomic mass is 9.92. The molecule has 66 heavy (non-hydrogen) atoms. The number of fused-ring (bicyclic) bond motifs is 7. The fourth-order valence-corrected chi connectivity index (χ4v) is 11.0. The molecule has 308 valence electrons. The van der Waals surface area contributed by atoms with Crippen molar-refractivity contribution in [1.29, 1.82) is 0 Å². The molecule has 0 N–H and O–H groups in total. The number of hydrogen-bond acceptors (Lipinski definition) is 4. The van der Waals surface area contributed by atoms with E-state index in [0.717, 1.165) is 39.1 Å². The number of hydrogen-bond donors (Lipinski definition) is 0. The maximum absolute atomic E-state index is 5.26. The van der Waals surface area contributed by atoms with E-state index in [1.807, 2.05) is 6.07 Å². The van der Waals surface area contributed by atoms with Gasteiger partial charge in [0.15, 0.2) is 17.5 Å². The maximum Gasteiger partial charge on any atom is 0.165 e. The van der Waals surface area contributed by atoms with Crippen LogP contribution in [0.5, 0.6) is 0 Å². The van der Waals surface area contributed by atoms with Crippen molar-refractivity contribution in [1.82, 2.24) is 19.5 Å². The summed E-state index contributed by atoms with van der Waals surface area (Å²) < 4.78 is 4.78. The first-order valence-corrected chi connectivity index (χ1v) is 23.1. The number of benzene rings is 10. The van der Waals surface area contributed by atoms with Crippen LogP contribution < -0.4 is 0 Å². The van der Waals surface area contributed by atoms with Crippen molar-refractivity contribution in [3.63, 3.8) is 0 Å². The highest BCUT2D eigenvalue weighted by molar-refractivity contribution is 7.26. The summed E-state index contributed by atoms with van der Waals surface area (Å²) in [4.78, 5) is 15.8. The maximum atomic E-state index is 5.26. The molecule has 4 nitrogen and oxygen atoms in total. The number of thiophene rings is 1. The van der Waals surface area contributed by atoms with Crippen molar-refractivity contribution in [2.75, 3.05) is 0 Å². The largest absolute Gasteiger partial charge is 0.309 e. The Hall–Kier alpha value is -8.51. The van der Waals surface area contributed by atoms with Crippen LogP contribution in [-0.2, 0) is 0 Å². The lowest BCUT2D eigenvalue weighted by Gasteiger charge is -2.14. The molecule has 13 aromatic rings. The van der Waals surface area contributed by atoms with Crippen LogP contribution in [0.25, 0.3) is 126 Å². The third-order valence-corrected chi connectivity index (χ3v) is 14.1. The van der Waals surface area contributed by atoms with Gasteiger partial charge in [-0.15, -0.1) is 11.3 Å². The quantitative estimate of drug-likeness (QED) is 0.160. The van der Waals surface area contributed by atoms with Crippen LogP contribution in [0.1, 0.15) is 0 Å². The predicted molar refractivity (Wildman–Crippen MR) is 277 cm³/mol. The van der Waals surface area contributed by atoms with Gasteiger partial charge in [0, 0.05) is 53.3 Å². The van der Waals surface area contributed by atoms with Crippen molar-refractivity contribution in [2.45, 2.75) is 0 Å². The van der Waals surface area contributed by atoms with Gasteiger partial charge < -0.3 is 4.57 Å². The van der Waals surface area contributed by atoms with E-state index < -0.39 is 0 Å². The van der Waals surface area contributed by atoms with E-state index in [9.17, 15) is 0 Å². The minimum atomic E-state index is 0.632. The minimum Gasteiger partial charge on any atom is -0.309 e. The van der Waals surface area contributed by atoms with Crippen LogP contribution in [0.4, 0.5) is 0 Å². The topological polar surface area (TPSA) is 43.6 Å². The molecule has 0 aliphatic rings. The lowest BCUT2D eigenvalue weighted by Crippen LogP contribution is -2.01. The molecule has 3 aromatic heterocycles. The SMILES string of the molecule is c1ccc(-c2ccccc2-c2nc(-c3ccc(-c4ccc(-c5ccc(-n6c7ccccc7c7ccccc76)cc5)c5ccccc45)cc3)nc(-c3cccc4c3sc3ccccc34)n2)cc1. The molecule has 0 unspecified atom stereocenters. The van der Waals surface area contributed by atoms with E-state index in [-0.39, 0.29) is 0 Å². The molecule has 0 fully saturated rings. The summed E-state index contributed by atoms with van der Waals surface area (Å²) in [5, 5.41) is 7.39. The van der Waals surface area contributed by atoms with Gasteiger partial charge in [-0.3, -0.25) is 0 Å². The van der Waals surface area contributed by atoms with E-state index in [0.29, 0.717) is 17.5 Å². The zero-order valence-electron chi connectivity index (χ0n) is 35.6. The molecule has 10 aromatic carbocycles. The fraction of sp³-hybridized carbons (Fsp3) is 0. The first kappa shape index (κ1) is 38.0. The summed E-state index contributed by atoms with van der Waals surface area (Å²) in [5.74, 6) is 1.93. The summed E-state index contributed by atoms with van der Waals surface area (Å²) in [6.45, 7) is 0. The zero-order chi connectivity index (χ0) is 43.6. The van der Waals surface area contributed by atoms with E-state index in [1.165, 1.54) is 69.4 Å². The third kappa shape index (κ3) is 6.32. The van der Waals surface area contributed by atoms with E-state index in [1.54, 1.807) is 11.3 Å². The highest BCUT2D eigenvalue weighted by atomic mass is 32.1. The Kier molecular flexibility index (Phi) is 9.00. The van der Waals surface area contributed by atoms with Gasteiger partial charge in [-0.25, -0.2) is 15.0 Å². The average molecular weight is 859 g/mol. The summed E-state index contributed by atoms with van der Waals surface area (Å²) in [5.41, 5.74) is 13.3. The van der Waals surface area contributed by atoms with Gasteiger partial charge in [-0.2, -0.15) is 0 Å². The Bertz CT molecular complexity index is 3930. The minimum absolute atomic E-state index is 0.632. The molecule has 0 radical (unpaired) electrons. The highest BCUT2D eigenvalue weighted by Crippen LogP contribution is 2.42. The third-order valence-electron chi connectivity index (χ3n) is 12.9. The molecule has 0 saturated carbocycles. The Morgan fingerprint density at radius 2 is 0.727 bits per heavy atom. The van der Waals surface area contributed by atoms with Crippen molar-refractivity contribution in [3.8, 4) is 73.2 Å².